The molecule has 0 radical (unpaired) electrons. The summed E-state index contributed by atoms with van der Waals surface area (Å²) in [4.78, 5) is 22.3. The van der Waals surface area contributed by atoms with Crippen LogP contribution < -0.4 is 4.90 Å². The van der Waals surface area contributed by atoms with Crippen molar-refractivity contribution in [2.75, 3.05) is 31.1 Å². The van der Waals surface area contributed by atoms with Crippen molar-refractivity contribution < 1.29 is 9.18 Å². The lowest BCUT2D eigenvalue weighted by Gasteiger charge is -2.37. The van der Waals surface area contributed by atoms with Crippen LogP contribution in [0.15, 0.2) is 78.9 Å². The molecule has 33 heavy (non-hydrogen) atoms. The zero-order valence-corrected chi connectivity index (χ0v) is 18.7. The summed E-state index contributed by atoms with van der Waals surface area (Å²) in [5, 5.41) is 0. The molecule has 1 fully saturated rings. The number of fused-ring (bicyclic) bond motifs is 1. The summed E-state index contributed by atoms with van der Waals surface area (Å²) >= 11 is 0. The van der Waals surface area contributed by atoms with Crippen molar-refractivity contribution in [3.8, 4) is 0 Å². The largest absolute Gasteiger partial charge is 0.366 e. The second kappa shape index (κ2) is 9.06. The minimum absolute atomic E-state index is 0.0700. The molecule has 1 aromatic heterocycles. The second-order valence-electron chi connectivity index (χ2n) is 8.49. The van der Waals surface area contributed by atoms with Gasteiger partial charge in [-0.05, 0) is 36.8 Å². The molecule has 168 valence electrons. The number of rotatable bonds is 5. The number of piperazine rings is 1. The Bertz CT molecular complexity index is 1260. The fraction of sp³-hybridized carbons (Fsp3) is 0.259. The van der Waals surface area contributed by atoms with Crippen molar-refractivity contribution in [2.45, 2.75) is 19.4 Å². The van der Waals surface area contributed by atoms with Gasteiger partial charge in [0.05, 0.1) is 16.7 Å². The van der Waals surface area contributed by atoms with Gasteiger partial charge in [-0.25, -0.2) is 9.37 Å². The highest BCUT2D eigenvalue weighted by molar-refractivity contribution is 5.84. The summed E-state index contributed by atoms with van der Waals surface area (Å²) < 4.78 is 16.3. The number of aromatic nitrogens is 2. The van der Waals surface area contributed by atoms with Gasteiger partial charge in [-0.3, -0.25) is 4.79 Å². The number of anilines is 1. The van der Waals surface area contributed by atoms with E-state index >= 15 is 0 Å². The fourth-order valence-electron chi connectivity index (χ4n) is 4.68. The maximum Gasteiger partial charge on any atom is 0.245 e. The van der Waals surface area contributed by atoms with Crippen LogP contribution in [0.25, 0.3) is 11.0 Å². The first kappa shape index (κ1) is 21.2. The second-order valence-corrected chi connectivity index (χ2v) is 8.49. The third-order valence-electron chi connectivity index (χ3n) is 6.40. The number of hydrogen-bond acceptors (Lipinski definition) is 3. The molecule has 0 bridgehead atoms. The van der Waals surface area contributed by atoms with Gasteiger partial charge in [0.25, 0.3) is 0 Å². The van der Waals surface area contributed by atoms with E-state index in [2.05, 4.69) is 16.7 Å². The molecule has 3 aromatic carbocycles. The molecule has 5 rings (SSSR count). The molecule has 1 saturated heterocycles. The lowest BCUT2D eigenvalue weighted by Crippen LogP contribution is -2.50. The first-order valence-corrected chi connectivity index (χ1v) is 11.4. The van der Waals surface area contributed by atoms with Crippen molar-refractivity contribution in [1.29, 1.82) is 0 Å². The van der Waals surface area contributed by atoms with Gasteiger partial charge in [0.15, 0.2) is 0 Å². The number of imidazole rings is 1. The smallest absolute Gasteiger partial charge is 0.245 e. The quantitative estimate of drug-likeness (QED) is 0.451. The average Bonchev–Trinajstić information content (AvgIpc) is 3.22. The third kappa shape index (κ3) is 4.21. The van der Waals surface area contributed by atoms with Gasteiger partial charge >= 0.3 is 0 Å². The van der Waals surface area contributed by atoms with Gasteiger partial charge in [0.2, 0.25) is 5.91 Å². The van der Waals surface area contributed by atoms with Gasteiger partial charge in [-0.1, -0.05) is 54.6 Å². The molecule has 1 aliphatic rings. The number of nitrogens with zero attached hydrogens (tertiary/aromatic N) is 4. The van der Waals surface area contributed by atoms with Gasteiger partial charge in [-0.2, -0.15) is 0 Å². The zero-order chi connectivity index (χ0) is 22.8. The molecular formula is C27H27FN4O. The van der Waals surface area contributed by atoms with Gasteiger partial charge in [0.1, 0.15) is 17.7 Å². The van der Waals surface area contributed by atoms with Crippen LogP contribution in [-0.4, -0.2) is 46.5 Å². The van der Waals surface area contributed by atoms with Crippen molar-refractivity contribution in [3.63, 3.8) is 0 Å². The number of para-hydroxylation sites is 3. The van der Waals surface area contributed by atoms with E-state index in [-0.39, 0.29) is 17.8 Å². The van der Waals surface area contributed by atoms with Crippen molar-refractivity contribution in [2.24, 2.45) is 0 Å². The van der Waals surface area contributed by atoms with Crippen molar-refractivity contribution in [1.82, 2.24) is 14.5 Å². The summed E-state index contributed by atoms with van der Waals surface area (Å²) in [6, 6.07) is 24.6. The van der Waals surface area contributed by atoms with E-state index in [1.807, 2.05) is 65.3 Å². The minimum atomic E-state index is -0.379. The van der Waals surface area contributed by atoms with E-state index < -0.39 is 0 Å². The van der Waals surface area contributed by atoms with E-state index in [0.29, 0.717) is 38.3 Å². The predicted molar refractivity (Wildman–Crippen MR) is 129 cm³/mol. The molecule has 0 N–H and O–H groups in total. The van der Waals surface area contributed by atoms with Gasteiger partial charge < -0.3 is 14.4 Å². The molecule has 4 aromatic rings. The topological polar surface area (TPSA) is 41.4 Å². The lowest BCUT2D eigenvalue weighted by molar-refractivity contribution is -0.134. The summed E-state index contributed by atoms with van der Waals surface area (Å²) in [5.74, 6) is 0.731. The highest BCUT2D eigenvalue weighted by Gasteiger charge is 2.29. The first-order chi connectivity index (χ1) is 16.1. The molecule has 1 atom stereocenters. The van der Waals surface area contributed by atoms with E-state index in [0.717, 1.165) is 22.4 Å². The normalized spacial score (nSPS) is 15.1. The summed E-state index contributed by atoms with van der Waals surface area (Å²) in [6.45, 7) is 4.31. The Morgan fingerprint density at radius 2 is 1.58 bits per heavy atom. The first-order valence-electron chi connectivity index (χ1n) is 11.4. The molecule has 1 amide bonds. The Morgan fingerprint density at radius 3 is 2.33 bits per heavy atom. The van der Waals surface area contributed by atoms with Crippen LogP contribution in [0.4, 0.5) is 10.1 Å². The maximum atomic E-state index is 14.2. The Labute approximate surface area is 193 Å². The highest BCUT2D eigenvalue weighted by atomic mass is 19.1. The van der Waals surface area contributed by atoms with Crippen LogP contribution in [0.1, 0.15) is 24.4 Å². The van der Waals surface area contributed by atoms with E-state index in [9.17, 15) is 9.18 Å². The Balaban J connectivity index is 1.37. The van der Waals surface area contributed by atoms with Crippen molar-refractivity contribution >= 4 is 22.6 Å². The van der Waals surface area contributed by atoms with E-state index in [1.54, 1.807) is 12.1 Å². The lowest BCUT2D eigenvalue weighted by atomic mass is 10.1. The third-order valence-corrected chi connectivity index (χ3v) is 6.40. The average molecular weight is 443 g/mol. The molecule has 2 heterocycles. The Morgan fingerprint density at radius 1 is 0.909 bits per heavy atom. The van der Waals surface area contributed by atoms with Crippen LogP contribution in [0.5, 0.6) is 0 Å². The number of benzene rings is 3. The Hall–Kier alpha value is -3.67. The van der Waals surface area contributed by atoms with Crippen molar-refractivity contribution in [3.05, 3.63) is 96.1 Å². The van der Waals surface area contributed by atoms with Crippen LogP contribution >= 0.6 is 0 Å². The number of carbonyl (C=O) groups excluding carboxylic acids is 1. The van der Waals surface area contributed by atoms with Crippen LogP contribution in [0, 0.1) is 5.82 Å². The number of halogens is 1. The van der Waals surface area contributed by atoms with Crippen LogP contribution in [-0.2, 0) is 11.2 Å². The Kier molecular flexibility index (Phi) is 5.82. The molecule has 1 aliphatic heterocycles. The monoisotopic (exact) mass is 442 g/mol. The molecule has 6 heteroatoms. The van der Waals surface area contributed by atoms with Crippen LogP contribution in [0.3, 0.4) is 0 Å². The molecule has 5 nitrogen and oxygen atoms in total. The fourth-order valence-corrected chi connectivity index (χ4v) is 4.68. The molecule has 0 unspecified atom stereocenters. The molecule has 0 aliphatic carbocycles. The zero-order valence-electron chi connectivity index (χ0n) is 18.7. The summed E-state index contributed by atoms with van der Waals surface area (Å²) in [5.41, 5.74) is 3.62. The van der Waals surface area contributed by atoms with E-state index in [4.69, 9.17) is 4.98 Å². The molecular weight excluding hydrogens is 415 g/mol. The number of hydrogen-bond donors (Lipinski definition) is 0. The minimum Gasteiger partial charge on any atom is -0.366 e. The summed E-state index contributed by atoms with van der Waals surface area (Å²) in [7, 11) is 0. The van der Waals surface area contributed by atoms with E-state index in [1.165, 1.54) is 6.07 Å². The standard InChI is InChI=1S/C27H27FN4O/c1-20(27(33)31-17-15-30(16-18-31)24-13-7-5-11-22(24)28)32-25-14-8-6-12-23(25)29-26(32)19-21-9-3-2-4-10-21/h2-14,20H,15-19H2,1H3/t20-/m1/s1. The highest BCUT2D eigenvalue weighted by Crippen LogP contribution is 2.26. The maximum absolute atomic E-state index is 14.2. The predicted octanol–water partition coefficient (Wildman–Crippen LogP) is 4.68. The van der Waals surface area contributed by atoms with Gasteiger partial charge in [0, 0.05) is 32.6 Å². The SMILES string of the molecule is C[C@H](C(=O)N1CCN(c2ccccc2F)CC1)n1c(Cc2ccccc2)nc2ccccc21. The van der Waals surface area contributed by atoms with Crippen LogP contribution in [0.2, 0.25) is 0 Å². The van der Waals surface area contributed by atoms with Gasteiger partial charge in [-0.15, -0.1) is 0 Å². The number of carbonyl (C=O) groups is 1. The number of amides is 1. The molecule has 0 spiro atoms. The molecule has 0 saturated carbocycles. The summed E-state index contributed by atoms with van der Waals surface area (Å²) in [6.07, 6.45) is 0.661.